The van der Waals surface area contributed by atoms with E-state index in [1.165, 1.54) is 46.1 Å². The molecule has 0 saturated carbocycles. The topological polar surface area (TPSA) is 130 Å². The maximum absolute atomic E-state index is 12.9. The number of aromatic nitrogens is 6. The zero-order valence-corrected chi connectivity index (χ0v) is 19.3. The number of fused-ring (bicyclic) bond motifs is 1. The summed E-state index contributed by atoms with van der Waals surface area (Å²) >= 11 is 0. The number of anilines is 3. The summed E-state index contributed by atoms with van der Waals surface area (Å²) in [5.74, 6) is -0.0804. The van der Waals surface area contributed by atoms with Gasteiger partial charge in [0, 0.05) is 37.9 Å². The SMILES string of the molecule is N#Cc1cnc2c(NCCN3CCOCC3)cc(Nc3ccc(OC(F)(F)F)c(-n4cnnc4)c3)nn12. The van der Waals surface area contributed by atoms with Crippen molar-refractivity contribution < 1.29 is 22.6 Å². The van der Waals surface area contributed by atoms with Crippen LogP contribution >= 0.6 is 0 Å². The quantitative estimate of drug-likeness (QED) is 0.362. The van der Waals surface area contributed by atoms with Crippen molar-refractivity contribution >= 4 is 22.8 Å². The lowest BCUT2D eigenvalue weighted by Crippen LogP contribution is -2.39. The molecule has 0 atom stereocenters. The van der Waals surface area contributed by atoms with Crippen molar-refractivity contribution in [3.05, 3.63) is 48.8 Å². The Morgan fingerprint density at radius 3 is 2.65 bits per heavy atom. The van der Waals surface area contributed by atoms with Gasteiger partial charge < -0.3 is 20.1 Å². The molecule has 2 N–H and O–H groups in total. The molecule has 0 spiro atoms. The highest BCUT2D eigenvalue weighted by Crippen LogP contribution is 2.32. The van der Waals surface area contributed by atoms with E-state index in [-0.39, 0.29) is 11.4 Å². The van der Waals surface area contributed by atoms with Crippen molar-refractivity contribution in [1.29, 1.82) is 5.26 Å². The van der Waals surface area contributed by atoms with E-state index in [4.69, 9.17) is 4.74 Å². The van der Waals surface area contributed by atoms with Crippen LogP contribution in [-0.4, -0.2) is 80.0 Å². The van der Waals surface area contributed by atoms with Gasteiger partial charge in [-0.05, 0) is 18.2 Å². The molecule has 192 valence electrons. The first-order valence-electron chi connectivity index (χ1n) is 11.2. The lowest BCUT2D eigenvalue weighted by atomic mass is 10.2. The Balaban J connectivity index is 1.43. The Morgan fingerprint density at radius 2 is 1.92 bits per heavy atom. The highest BCUT2D eigenvalue weighted by atomic mass is 19.4. The molecule has 5 rings (SSSR count). The van der Waals surface area contributed by atoms with E-state index in [0.717, 1.165) is 19.6 Å². The van der Waals surface area contributed by atoms with Gasteiger partial charge in [0.25, 0.3) is 0 Å². The van der Waals surface area contributed by atoms with Crippen molar-refractivity contribution in [2.45, 2.75) is 6.36 Å². The first-order chi connectivity index (χ1) is 17.9. The number of rotatable bonds is 8. The Hall–Kier alpha value is -4.42. The number of hydrogen-bond acceptors (Lipinski definition) is 10. The zero-order valence-electron chi connectivity index (χ0n) is 19.3. The fourth-order valence-corrected chi connectivity index (χ4v) is 3.89. The second-order valence-electron chi connectivity index (χ2n) is 8.04. The summed E-state index contributed by atoms with van der Waals surface area (Å²) in [5, 5.41) is 27.7. The van der Waals surface area contributed by atoms with Crippen LogP contribution in [0.4, 0.5) is 30.4 Å². The fraction of sp³-hybridized carbons (Fsp3) is 0.318. The monoisotopic (exact) mass is 514 g/mol. The van der Waals surface area contributed by atoms with Crippen LogP contribution in [-0.2, 0) is 4.74 Å². The highest BCUT2D eigenvalue weighted by Gasteiger charge is 2.32. The smallest absolute Gasteiger partial charge is 0.404 e. The summed E-state index contributed by atoms with van der Waals surface area (Å²) in [6.45, 7) is 4.51. The van der Waals surface area contributed by atoms with Crippen LogP contribution in [0.3, 0.4) is 0 Å². The van der Waals surface area contributed by atoms with Gasteiger partial charge in [-0.15, -0.1) is 28.5 Å². The molecular weight excluding hydrogens is 493 g/mol. The highest BCUT2D eigenvalue weighted by molar-refractivity contribution is 5.73. The molecule has 0 bridgehead atoms. The molecule has 1 aliphatic rings. The first kappa shape index (κ1) is 24.3. The average Bonchev–Trinajstić information content (AvgIpc) is 3.55. The number of nitrogens with one attached hydrogen (secondary N) is 2. The first-order valence-corrected chi connectivity index (χ1v) is 11.2. The number of alkyl halides is 3. The minimum Gasteiger partial charge on any atom is -0.404 e. The van der Waals surface area contributed by atoms with Crippen LogP contribution in [0.5, 0.6) is 5.75 Å². The Bertz CT molecular complexity index is 1410. The van der Waals surface area contributed by atoms with Gasteiger partial charge in [0.1, 0.15) is 18.7 Å². The molecule has 0 unspecified atom stereocenters. The molecule has 1 saturated heterocycles. The number of halogens is 3. The molecule has 4 heterocycles. The Labute approximate surface area is 208 Å². The molecule has 12 nitrogen and oxygen atoms in total. The summed E-state index contributed by atoms with van der Waals surface area (Å²) in [6.07, 6.45) is -0.935. The third-order valence-corrected chi connectivity index (χ3v) is 5.58. The van der Waals surface area contributed by atoms with Gasteiger partial charge >= 0.3 is 6.36 Å². The minimum atomic E-state index is -4.87. The summed E-state index contributed by atoms with van der Waals surface area (Å²) < 4.78 is 51.0. The second kappa shape index (κ2) is 10.3. The molecule has 1 aliphatic heterocycles. The molecule has 1 aromatic carbocycles. The average molecular weight is 514 g/mol. The molecule has 37 heavy (non-hydrogen) atoms. The van der Waals surface area contributed by atoms with E-state index < -0.39 is 12.1 Å². The van der Waals surface area contributed by atoms with Crippen molar-refractivity contribution in [2.24, 2.45) is 0 Å². The number of imidazole rings is 1. The molecular formula is C22H21F3N10O2. The van der Waals surface area contributed by atoms with Gasteiger partial charge in [0.15, 0.2) is 22.9 Å². The van der Waals surface area contributed by atoms with E-state index in [2.05, 4.69) is 46.6 Å². The maximum Gasteiger partial charge on any atom is 0.573 e. The molecule has 0 radical (unpaired) electrons. The van der Waals surface area contributed by atoms with Crippen LogP contribution in [0.15, 0.2) is 43.1 Å². The van der Waals surface area contributed by atoms with Gasteiger partial charge in [-0.2, -0.15) is 9.78 Å². The van der Waals surface area contributed by atoms with Gasteiger partial charge in [0.05, 0.1) is 30.8 Å². The van der Waals surface area contributed by atoms with E-state index >= 15 is 0 Å². The van der Waals surface area contributed by atoms with Crippen LogP contribution in [0, 0.1) is 11.3 Å². The summed E-state index contributed by atoms with van der Waals surface area (Å²) in [7, 11) is 0. The van der Waals surface area contributed by atoms with Crippen LogP contribution in [0.1, 0.15) is 5.69 Å². The van der Waals surface area contributed by atoms with Gasteiger partial charge in [-0.25, -0.2) is 4.98 Å². The van der Waals surface area contributed by atoms with Crippen LogP contribution in [0.25, 0.3) is 11.3 Å². The number of hydrogen-bond donors (Lipinski definition) is 2. The van der Waals surface area contributed by atoms with Gasteiger partial charge in [-0.3, -0.25) is 9.47 Å². The molecule has 1 fully saturated rings. The number of benzene rings is 1. The molecule has 15 heteroatoms. The van der Waals surface area contributed by atoms with E-state index in [9.17, 15) is 18.4 Å². The number of ether oxygens (including phenoxy) is 2. The number of nitriles is 1. The fourth-order valence-electron chi connectivity index (χ4n) is 3.89. The maximum atomic E-state index is 12.9. The van der Waals surface area contributed by atoms with Crippen molar-refractivity contribution in [2.75, 3.05) is 50.0 Å². The normalized spacial score (nSPS) is 14.4. The van der Waals surface area contributed by atoms with Crippen LogP contribution < -0.4 is 15.4 Å². The zero-order chi connectivity index (χ0) is 25.8. The van der Waals surface area contributed by atoms with Gasteiger partial charge in [-0.1, -0.05) is 0 Å². The molecule has 3 aromatic heterocycles. The lowest BCUT2D eigenvalue weighted by molar-refractivity contribution is -0.274. The predicted octanol–water partition coefficient (Wildman–Crippen LogP) is 2.57. The molecule has 0 aliphatic carbocycles. The second-order valence-corrected chi connectivity index (χ2v) is 8.04. The van der Waals surface area contributed by atoms with E-state index in [1.807, 2.05) is 0 Å². The van der Waals surface area contributed by atoms with Crippen LogP contribution in [0.2, 0.25) is 0 Å². The summed E-state index contributed by atoms with van der Waals surface area (Å²) in [4.78, 5) is 6.59. The predicted molar refractivity (Wildman–Crippen MR) is 125 cm³/mol. The third kappa shape index (κ3) is 5.71. The molecule has 4 aromatic rings. The summed E-state index contributed by atoms with van der Waals surface area (Å²) in [6, 6.07) is 7.83. The minimum absolute atomic E-state index is 0.0672. The summed E-state index contributed by atoms with van der Waals surface area (Å²) in [5.41, 5.74) is 1.83. The molecule has 0 amide bonds. The van der Waals surface area contributed by atoms with Crippen molar-refractivity contribution in [3.8, 4) is 17.5 Å². The Morgan fingerprint density at radius 1 is 1.14 bits per heavy atom. The number of nitrogens with zero attached hydrogens (tertiary/aromatic N) is 8. The van der Waals surface area contributed by atoms with Crippen molar-refractivity contribution in [1.82, 2.24) is 34.3 Å². The van der Waals surface area contributed by atoms with Gasteiger partial charge in [0.2, 0.25) is 0 Å². The van der Waals surface area contributed by atoms with E-state index in [1.54, 1.807) is 6.07 Å². The largest absolute Gasteiger partial charge is 0.573 e. The number of morpholine rings is 1. The third-order valence-electron chi connectivity index (χ3n) is 5.58. The van der Waals surface area contributed by atoms with Crippen molar-refractivity contribution in [3.63, 3.8) is 0 Å². The lowest BCUT2D eigenvalue weighted by Gasteiger charge is -2.26. The Kier molecular flexibility index (Phi) is 6.75. The van der Waals surface area contributed by atoms with E-state index in [0.29, 0.717) is 42.6 Å². The standard InChI is InChI=1S/C22H21F3N10O2/c23-22(24,25)37-19-2-1-15(9-18(19)34-13-29-30-14-34)31-20-10-17(21-28-12-16(11-26)35(21)32-20)27-3-4-33-5-7-36-8-6-33/h1-2,9-10,12-14,27H,3-8H2,(H,31,32).